The summed E-state index contributed by atoms with van der Waals surface area (Å²) in [6, 6.07) is 23.3. The van der Waals surface area contributed by atoms with Gasteiger partial charge in [0.05, 0.1) is 0 Å². The lowest BCUT2D eigenvalue weighted by molar-refractivity contribution is 0.142. The van der Waals surface area contributed by atoms with E-state index in [0.29, 0.717) is 31.1 Å². The number of aromatic nitrogens is 1. The van der Waals surface area contributed by atoms with Crippen molar-refractivity contribution in [2.45, 2.75) is 32.4 Å². The highest BCUT2D eigenvalue weighted by Crippen LogP contribution is 2.35. The molecule has 0 aliphatic heterocycles. The fourth-order valence-corrected chi connectivity index (χ4v) is 3.92. The average molecular weight is 389 g/mol. The topological polar surface area (TPSA) is 45.6 Å². The third-order valence-corrected chi connectivity index (χ3v) is 5.87. The molecule has 1 N–H and O–H groups in total. The van der Waals surface area contributed by atoms with Crippen molar-refractivity contribution in [3.8, 4) is 17.0 Å². The number of anilines is 1. The Labute approximate surface area is 172 Å². The Hall–Kier alpha value is -2.85. The molecule has 4 rings (SSSR count). The summed E-state index contributed by atoms with van der Waals surface area (Å²) in [5.74, 6) is 1.10. The molecular weight excluding hydrogens is 360 g/mol. The van der Waals surface area contributed by atoms with Crippen molar-refractivity contribution in [3.63, 3.8) is 0 Å². The Kier molecular flexibility index (Phi) is 5.81. The van der Waals surface area contributed by atoms with Crippen LogP contribution in [0, 0.1) is 12.8 Å². The number of hydrogen-bond acceptors (Lipinski definition) is 4. The third-order valence-electron chi connectivity index (χ3n) is 5.87. The third kappa shape index (κ3) is 4.43. The van der Waals surface area contributed by atoms with E-state index in [-0.39, 0.29) is 0 Å². The number of benzene rings is 2. The molecule has 0 spiro atoms. The van der Waals surface area contributed by atoms with Crippen LogP contribution >= 0.6 is 0 Å². The van der Waals surface area contributed by atoms with Crippen LogP contribution in [0.5, 0.6) is 5.88 Å². The maximum atomic E-state index is 9.27. The van der Waals surface area contributed by atoms with Crippen molar-refractivity contribution in [2.24, 2.45) is 5.92 Å². The van der Waals surface area contributed by atoms with Crippen molar-refractivity contribution in [1.29, 1.82) is 0 Å². The molecule has 0 atom stereocenters. The molecule has 1 aromatic heterocycles. The minimum Gasteiger partial charge on any atom is -0.473 e. The molecule has 1 fully saturated rings. The van der Waals surface area contributed by atoms with E-state index in [4.69, 9.17) is 4.74 Å². The summed E-state index contributed by atoms with van der Waals surface area (Å²) in [6.45, 7) is 2.84. The molecule has 0 saturated heterocycles. The van der Waals surface area contributed by atoms with Gasteiger partial charge in [-0.15, -0.1) is 0 Å². The first-order valence-electron chi connectivity index (χ1n) is 10.2. The van der Waals surface area contributed by atoms with Crippen molar-refractivity contribution in [2.75, 3.05) is 18.6 Å². The van der Waals surface area contributed by atoms with Crippen molar-refractivity contribution in [3.05, 3.63) is 78.0 Å². The van der Waals surface area contributed by atoms with E-state index in [1.54, 1.807) is 0 Å². The van der Waals surface area contributed by atoms with Gasteiger partial charge in [0, 0.05) is 42.7 Å². The van der Waals surface area contributed by atoms with Crippen LogP contribution in [0.15, 0.2) is 66.7 Å². The summed E-state index contributed by atoms with van der Waals surface area (Å²) in [4.78, 5) is 6.99. The van der Waals surface area contributed by atoms with Crippen LogP contribution in [0.3, 0.4) is 0 Å². The molecule has 0 radical (unpaired) electrons. The molecule has 1 saturated carbocycles. The summed E-state index contributed by atoms with van der Waals surface area (Å²) in [6.07, 6.45) is 2.12. The molecule has 1 aliphatic rings. The molecule has 29 heavy (non-hydrogen) atoms. The molecule has 1 heterocycles. The lowest BCUT2D eigenvalue weighted by Gasteiger charge is -2.41. The summed E-state index contributed by atoms with van der Waals surface area (Å²) in [5, 5.41) is 9.27. The monoisotopic (exact) mass is 388 g/mol. The number of aliphatic hydroxyl groups excluding tert-OH is 1. The first kappa shape index (κ1) is 19.5. The Balaban J connectivity index is 1.47. The molecule has 1 aliphatic carbocycles. The molecule has 0 amide bonds. The largest absolute Gasteiger partial charge is 0.473 e. The van der Waals surface area contributed by atoms with E-state index in [1.165, 1.54) is 5.69 Å². The van der Waals surface area contributed by atoms with Gasteiger partial charge in [0.1, 0.15) is 6.61 Å². The molecular formula is C25H28N2O2. The van der Waals surface area contributed by atoms with Crippen LogP contribution in [0.2, 0.25) is 0 Å². The fraction of sp³-hybridized carbons (Fsp3) is 0.320. The zero-order valence-corrected chi connectivity index (χ0v) is 17.1. The molecule has 4 heteroatoms. The number of pyridine rings is 1. The van der Waals surface area contributed by atoms with Gasteiger partial charge in [-0.3, -0.25) is 0 Å². The Morgan fingerprint density at radius 1 is 1.03 bits per heavy atom. The van der Waals surface area contributed by atoms with E-state index >= 15 is 0 Å². The smallest absolute Gasteiger partial charge is 0.213 e. The van der Waals surface area contributed by atoms with Crippen LogP contribution in [-0.2, 0) is 6.61 Å². The summed E-state index contributed by atoms with van der Waals surface area (Å²) >= 11 is 0. The van der Waals surface area contributed by atoms with E-state index in [9.17, 15) is 5.11 Å². The van der Waals surface area contributed by atoms with Crippen LogP contribution in [0.1, 0.15) is 24.1 Å². The van der Waals surface area contributed by atoms with E-state index in [1.807, 2.05) is 43.3 Å². The summed E-state index contributed by atoms with van der Waals surface area (Å²) in [5.41, 5.74) is 5.57. The predicted octanol–water partition coefficient (Wildman–Crippen LogP) is 4.84. The molecule has 2 aromatic carbocycles. The highest BCUT2D eigenvalue weighted by atomic mass is 16.5. The summed E-state index contributed by atoms with van der Waals surface area (Å²) in [7, 11) is 2.14. The van der Waals surface area contributed by atoms with Crippen LogP contribution in [-0.4, -0.2) is 29.8 Å². The Morgan fingerprint density at radius 3 is 2.55 bits per heavy atom. The van der Waals surface area contributed by atoms with Gasteiger partial charge in [-0.1, -0.05) is 42.5 Å². The minimum atomic E-state index is 0.300. The Bertz CT molecular complexity index is 952. The van der Waals surface area contributed by atoms with Gasteiger partial charge in [0.2, 0.25) is 5.88 Å². The van der Waals surface area contributed by atoms with Gasteiger partial charge in [-0.2, -0.15) is 0 Å². The van der Waals surface area contributed by atoms with E-state index < -0.39 is 0 Å². The van der Waals surface area contributed by atoms with Gasteiger partial charge >= 0.3 is 0 Å². The van der Waals surface area contributed by atoms with E-state index in [2.05, 4.69) is 47.3 Å². The predicted molar refractivity (Wildman–Crippen MR) is 117 cm³/mol. The molecule has 4 nitrogen and oxygen atoms in total. The standard InChI is InChI=1S/C25H28N2O2/c1-18-24(11-12-25(26-18)29-17-19-7-4-3-5-8-19)21-9-6-10-22(15-21)27(2)23-13-20(14-23)16-28/h3-12,15,20,23,28H,13-14,16-17H2,1-2H3/t20-,23-. The van der Waals surface area contributed by atoms with Gasteiger partial charge in [0.25, 0.3) is 0 Å². The first-order chi connectivity index (χ1) is 14.1. The summed E-state index contributed by atoms with van der Waals surface area (Å²) < 4.78 is 5.86. The van der Waals surface area contributed by atoms with Gasteiger partial charge < -0.3 is 14.7 Å². The van der Waals surface area contributed by atoms with Crippen LogP contribution in [0.4, 0.5) is 5.69 Å². The average Bonchev–Trinajstić information content (AvgIpc) is 2.72. The zero-order chi connectivity index (χ0) is 20.2. The Morgan fingerprint density at radius 2 is 1.83 bits per heavy atom. The number of ether oxygens (including phenoxy) is 1. The number of nitrogens with zero attached hydrogens (tertiary/aromatic N) is 2. The maximum Gasteiger partial charge on any atom is 0.213 e. The molecule has 3 aromatic rings. The highest BCUT2D eigenvalue weighted by molar-refractivity contribution is 5.70. The minimum absolute atomic E-state index is 0.300. The first-order valence-corrected chi connectivity index (χ1v) is 10.2. The normalized spacial score (nSPS) is 18.2. The lowest BCUT2D eigenvalue weighted by Crippen LogP contribution is -2.43. The second-order valence-corrected chi connectivity index (χ2v) is 7.89. The van der Waals surface area contributed by atoms with Crippen molar-refractivity contribution < 1.29 is 9.84 Å². The zero-order valence-electron chi connectivity index (χ0n) is 17.1. The maximum absolute atomic E-state index is 9.27. The van der Waals surface area contributed by atoms with E-state index in [0.717, 1.165) is 35.2 Å². The quantitative estimate of drug-likeness (QED) is 0.629. The SMILES string of the molecule is Cc1nc(OCc2ccccc2)ccc1-c1cccc(N(C)[C@H]2C[C@H](CO)C2)c1. The van der Waals surface area contributed by atoms with Gasteiger partial charge in [0.15, 0.2) is 0 Å². The number of aliphatic hydroxyl groups is 1. The molecule has 150 valence electrons. The van der Waals surface area contributed by atoms with Gasteiger partial charge in [-0.05, 0) is 55.0 Å². The lowest BCUT2D eigenvalue weighted by atomic mass is 9.80. The number of aryl methyl sites for hydroxylation is 1. The van der Waals surface area contributed by atoms with Crippen LogP contribution in [0.25, 0.3) is 11.1 Å². The van der Waals surface area contributed by atoms with Crippen LogP contribution < -0.4 is 9.64 Å². The second kappa shape index (κ2) is 8.66. The van der Waals surface area contributed by atoms with Gasteiger partial charge in [-0.25, -0.2) is 4.98 Å². The number of hydrogen-bond donors (Lipinski definition) is 1. The number of rotatable bonds is 7. The molecule has 0 unspecified atom stereocenters. The second-order valence-electron chi connectivity index (χ2n) is 7.89. The fourth-order valence-electron chi connectivity index (χ4n) is 3.92. The van der Waals surface area contributed by atoms with Crippen molar-refractivity contribution >= 4 is 5.69 Å². The highest BCUT2D eigenvalue weighted by Gasteiger charge is 2.31. The van der Waals surface area contributed by atoms with Crippen molar-refractivity contribution in [1.82, 2.24) is 4.98 Å². The molecule has 0 bridgehead atoms.